The average Bonchev–Trinajstić information content (AvgIpc) is 3.57. The number of carbonyl (C=O) groups is 1. The van der Waals surface area contributed by atoms with Crippen molar-refractivity contribution < 1.29 is 14.3 Å². The van der Waals surface area contributed by atoms with E-state index in [2.05, 4.69) is 17.0 Å². The van der Waals surface area contributed by atoms with Crippen LogP contribution in [0.2, 0.25) is 0 Å². The van der Waals surface area contributed by atoms with Crippen molar-refractivity contribution in [3.05, 3.63) is 29.8 Å². The minimum Gasteiger partial charge on any atom is -0.491 e. The molecule has 3 fully saturated rings. The Bertz CT molecular complexity index is 616. The lowest BCUT2D eigenvalue weighted by Crippen LogP contribution is -2.38. The van der Waals surface area contributed by atoms with Gasteiger partial charge in [0.15, 0.2) is 0 Å². The Morgan fingerprint density at radius 2 is 1.85 bits per heavy atom. The highest BCUT2D eigenvalue weighted by molar-refractivity contribution is 5.79. The van der Waals surface area contributed by atoms with Crippen LogP contribution in [0.15, 0.2) is 24.3 Å². The summed E-state index contributed by atoms with van der Waals surface area (Å²) in [5.41, 5.74) is 1.17. The standard InChI is InChI=1S/C23H33NO3/c25-23(19-8-2-1-3-9-19)24(20-12-13-20)16-18-7-6-11-21(15-18)27-17-22-10-4-5-14-26-22/h6-7,11,15,19-20,22H,1-5,8-10,12-14,16-17H2. The summed E-state index contributed by atoms with van der Waals surface area (Å²) in [5, 5.41) is 0. The Kier molecular flexibility index (Phi) is 6.33. The number of hydrogen-bond donors (Lipinski definition) is 0. The second-order valence-electron chi connectivity index (χ2n) is 8.48. The van der Waals surface area contributed by atoms with E-state index in [0.717, 1.165) is 57.4 Å². The highest BCUT2D eigenvalue weighted by Crippen LogP contribution is 2.33. The maximum atomic E-state index is 13.1. The fourth-order valence-electron chi connectivity index (χ4n) is 4.42. The summed E-state index contributed by atoms with van der Waals surface area (Å²) < 4.78 is 11.7. The zero-order valence-corrected chi connectivity index (χ0v) is 16.4. The molecule has 0 N–H and O–H groups in total. The molecule has 1 heterocycles. The first-order chi connectivity index (χ1) is 13.3. The van der Waals surface area contributed by atoms with E-state index in [0.29, 0.717) is 18.6 Å². The van der Waals surface area contributed by atoms with Gasteiger partial charge in [0, 0.05) is 25.1 Å². The second-order valence-corrected chi connectivity index (χ2v) is 8.48. The van der Waals surface area contributed by atoms with Gasteiger partial charge in [-0.25, -0.2) is 0 Å². The molecule has 4 heteroatoms. The zero-order chi connectivity index (χ0) is 18.5. The third kappa shape index (κ3) is 5.25. The monoisotopic (exact) mass is 371 g/mol. The summed E-state index contributed by atoms with van der Waals surface area (Å²) in [6.07, 6.45) is 11.9. The molecular weight excluding hydrogens is 338 g/mol. The van der Waals surface area contributed by atoms with E-state index < -0.39 is 0 Å². The Hall–Kier alpha value is -1.55. The molecule has 1 unspecified atom stereocenters. The van der Waals surface area contributed by atoms with Crippen molar-refractivity contribution >= 4 is 5.91 Å². The van der Waals surface area contributed by atoms with Gasteiger partial charge in [-0.1, -0.05) is 31.4 Å². The van der Waals surface area contributed by atoms with E-state index in [4.69, 9.17) is 9.47 Å². The molecule has 0 spiro atoms. The molecule has 1 atom stereocenters. The number of ether oxygens (including phenoxy) is 2. The molecule has 27 heavy (non-hydrogen) atoms. The van der Waals surface area contributed by atoms with Crippen LogP contribution >= 0.6 is 0 Å². The maximum absolute atomic E-state index is 13.1. The largest absolute Gasteiger partial charge is 0.491 e. The lowest BCUT2D eigenvalue weighted by atomic mass is 9.88. The van der Waals surface area contributed by atoms with E-state index in [-0.39, 0.29) is 12.0 Å². The van der Waals surface area contributed by atoms with Gasteiger partial charge >= 0.3 is 0 Å². The molecule has 1 aliphatic heterocycles. The second kappa shape index (κ2) is 9.09. The summed E-state index contributed by atoms with van der Waals surface area (Å²) in [4.78, 5) is 15.2. The van der Waals surface area contributed by atoms with Crippen LogP contribution in [0, 0.1) is 5.92 Å². The van der Waals surface area contributed by atoms with Crippen LogP contribution in [-0.2, 0) is 16.1 Å². The molecule has 1 aromatic rings. The third-order valence-corrected chi connectivity index (χ3v) is 6.19. The van der Waals surface area contributed by atoms with Gasteiger partial charge in [-0.3, -0.25) is 4.79 Å². The zero-order valence-electron chi connectivity index (χ0n) is 16.4. The van der Waals surface area contributed by atoms with Crippen molar-refractivity contribution in [2.75, 3.05) is 13.2 Å². The molecule has 1 aromatic carbocycles. The van der Waals surface area contributed by atoms with Gasteiger partial charge in [0.05, 0.1) is 6.10 Å². The van der Waals surface area contributed by atoms with Crippen LogP contribution < -0.4 is 4.74 Å². The molecule has 0 aromatic heterocycles. The van der Waals surface area contributed by atoms with Crippen LogP contribution in [0.1, 0.15) is 69.8 Å². The fourth-order valence-corrected chi connectivity index (χ4v) is 4.42. The van der Waals surface area contributed by atoms with E-state index in [1.807, 2.05) is 12.1 Å². The number of rotatable bonds is 7. The molecule has 0 radical (unpaired) electrons. The number of carbonyl (C=O) groups excluding carboxylic acids is 1. The van der Waals surface area contributed by atoms with Crippen LogP contribution in [0.4, 0.5) is 0 Å². The van der Waals surface area contributed by atoms with Crippen LogP contribution in [0.3, 0.4) is 0 Å². The Morgan fingerprint density at radius 1 is 1.04 bits per heavy atom. The molecule has 2 saturated carbocycles. The van der Waals surface area contributed by atoms with Crippen LogP contribution in [-0.4, -0.2) is 36.2 Å². The summed E-state index contributed by atoms with van der Waals surface area (Å²) >= 11 is 0. The van der Waals surface area contributed by atoms with E-state index >= 15 is 0 Å². The number of benzene rings is 1. The predicted molar refractivity (Wildman–Crippen MR) is 106 cm³/mol. The average molecular weight is 372 g/mol. The molecule has 0 bridgehead atoms. The smallest absolute Gasteiger partial charge is 0.226 e. The van der Waals surface area contributed by atoms with Gasteiger partial charge in [-0.05, 0) is 62.6 Å². The first-order valence-electron chi connectivity index (χ1n) is 10.9. The molecule has 3 aliphatic rings. The Labute approximate surface area is 163 Å². The van der Waals surface area contributed by atoms with Gasteiger partial charge in [0.25, 0.3) is 0 Å². The molecule has 148 valence electrons. The van der Waals surface area contributed by atoms with Gasteiger partial charge < -0.3 is 14.4 Å². The van der Waals surface area contributed by atoms with Crippen molar-refractivity contribution in [2.45, 2.75) is 82.9 Å². The van der Waals surface area contributed by atoms with Crippen LogP contribution in [0.5, 0.6) is 5.75 Å². The third-order valence-electron chi connectivity index (χ3n) is 6.19. The fraction of sp³-hybridized carbons (Fsp3) is 0.696. The molecular formula is C23H33NO3. The van der Waals surface area contributed by atoms with Gasteiger partial charge in [0.1, 0.15) is 12.4 Å². The SMILES string of the molecule is O=C(C1CCCCC1)N(Cc1cccc(OCC2CCCCO2)c1)C1CC1. The van der Waals surface area contributed by atoms with Crippen LogP contribution in [0.25, 0.3) is 0 Å². The van der Waals surface area contributed by atoms with Crippen molar-refractivity contribution in [1.29, 1.82) is 0 Å². The van der Waals surface area contributed by atoms with Crippen molar-refractivity contribution in [1.82, 2.24) is 4.90 Å². The lowest BCUT2D eigenvalue weighted by Gasteiger charge is -2.29. The first-order valence-corrected chi connectivity index (χ1v) is 10.9. The van der Waals surface area contributed by atoms with Crippen molar-refractivity contribution in [3.8, 4) is 5.75 Å². The Balaban J connectivity index is 1.36. The van der Waals surface area contributed by atoms with Crippen molar-refractivity contribution in [2.24, 2.45) is 5.92 Å². The van der Waals surface area contributed by atoms with Gasteiger partial charge in [-0.2, -0.15) is 0 Å². The highest BCUT2D eigenvalue weighted by Gasteiger charge is 2.36. The molecule has 1 saturated heterocycles. The predicted octanol–water partition coefficient (Wildman–Crippen LogP) is 4.71. The lowest BCUT2D eigenvalue weighted by molar-refractivity contribution is -0.137. The topological polar surface area (TPSA) is 38.8 Å². The number of nitrogens with zero attached hydrogens (tertiary/aromatic N) is 1. The molecule has 1 amide bonds. The van der Waals surface area contributed by atoms with Gasteiger partial charge in [-0.15, -0.1) is 0 Å². The molecule has 2 aliphatic carbocycles. The van der Waals surface area contributed by atoms with E-state index in [1.165, 1.54) is 31.2 Å². The van der Waals surface area contributed by atoms with E-state index in [9.17, 15) is 4.79 Å². The highest BCUT2D eigenvalue weighted by atomic mass is 16.5. The minimum absolute atomic E-state index is 0.221. The molecule has 4 nitrogen and oxygen atoms in total. The first kappa shape index (κ1) is 18.8. The Morgan fingerprint density at radius 3 is 2.59 bits per heavy atom. The summed E-state index contributed by atoms with van der Waals surface area (Å²) in [7, 11) is 0. The van der Waals surface area contributed by atoms with Crippen molar-refractivity contribution in [3.63, 3.8) is 0 Å². The quantitative estimate of drug-likeness (QED) is 0.697. The maximum Gasteiger partial charge on any atom is 0.226 e. The number of amides is 1. The molecule has 4 rings (SSSR count). The van der Waals surface area contributed by atoms with E-state index in [1.54, 1.807) is 0 Å². The summed E-state index contributed by atoms with van der Waals surface area (Å²) in [6, 6.07) is 8.73. The minimum atomic E-state index is 0.221. The summed E-state index contributed by atoms with van der Waals surface area (Å²) in [6.45, 7) is 2.20. The normalized spacial score (nSPS) is 23.8. The summed E-state index contributed by atoms with van der Waals surface area (Å²) in [5.74, 6) is 1.53. The van der Waals surface area contributed by atoms with Gasteiger partial charge in [0.2, 0.25) is 5.91 Å². The number of hydrogen-bond acceptors (Lipinski definition) is 3.